The predicted octanol–water partition coefficient (Wildman–Crippen LogP) is 5.63. The number of likely N-dealkylation sites (N-methyl/N-ethyl adjacent to an activating group) is 1. The van der Waals surface area contributed by atoms with Gasteiger partial charge in [0.1, 0.15) is 12.3 Å². The lowest BCUT2D eigenvalue weighted by Crippen LogP contribution is -2.50. The molecule has 2 aromatic carbocycles. The number of ether oxygens (including phenoxy) is 2. The first-order valence-corrected chi connectivity index (χ1v) is 13.0. The Hall–Kier alpha value is -2.93. The van der Waals surface area contributed by atoms with E-state index in [9.17, 15) is 4.79 Å². The van der Waals surface area contributed by atoms with Crippen LogP contribution in [0.15, 0.2) is 60.8 Å². The summed E-state index contributed by atoms with van der Waals surface area (Å²) in [5, 5.41) is 0.609. The summed E-state index contributed by atoms with van der Waals surface area (Å²) in [6.45, 7) is 0.614. The molecule has 2 N–H and O–H groups in total. The van der Waals surface area contributed by atoms with E-state index in [0.717, 1.165) is 41.5 Å². The molecular formula is C29H30ClN3O3. The highest BCUT2D eigenvalue weighted by Gasteiger charge is 2.47. The summed E-state index contributed by atoms with van der Waals surface area (Å²) in [7, 11) is 1.80. The molecule has 1 saturated heterocycles. The standard InChI is InChI=1S/C29H30ClN3O3/c1-33(28(34)29(12-5-13-29)21-6-3-2-4-7-21)27-24(35-17-18-8-9-18)15-20(16-32-27)22-14-19(10-11-23(22)30)25-26(31)36-25/h2-4,6-7,10-11,14-16,18,25-26H,5,8-9,12-13,17,31H2,1H3. The van der Waals surface area contributed by atoms with Gasteiger partial charge in [0, 0.05) is 29.4 Å². The molecule has 1 amide bonds. The van der Waals surface area contributed by atoms with Gasteiger partial charge in [-0.3, -0.25) is 9.69 Å². The van der Waals surface area contributed by atoms with E-state index >= 15 is 0 Å². The number of halogens is 1. The maximum atomic E-state index is 13.9. The van der Waals surface area contributed by atoms with E-state index in [0.29, 0.717) is 29.1 Å². The van der Waals surface area contributed by atoms with Crippen LogP contribution in [0.4, 0.5) is 5.82 Å². The van der Waals surface area contributed by atoms with Gasteiger partial charge in [0.2, 0.25) is 5.91 Å². The first-order valence-electron chi connectivity index (χ1n) is 12.6. The van der Waals surface area contributed by atoms with Gasteiger partial charge >= 0.3 is 0 Å². The molecule has 7 heteroatoms. The average Bonchev–Trinajstić information content (AvgIpc) is 3.80. The maximum Gasteiger partial charge on any atom is 0.238 e. The van der Waals surface area contributed by atoms with Gasteiger partial charge in [0.05, 0.1) is 12.0 Å². The van der Waals surface area contributed by atoms with Crippen molar-refractivity contribution in [3.05, 3.63) is 76.9 Å². The van der Waals surface area contributed by atoms with Crippen LogP contribution >= 0.6 is 11.6 Å². The molecule has 1 aromatic heterocycles. The predicted molar refractivity (Wildman–Crippen MR) is 140 cm³/mol. The normalized spacial score (nSPS) is 22.0. The quantitative estimate of drug-likeness (QED) is 0.403. The lowest BCUT2D eigenvalue weighted by atomic mass is 9.63. The monoisotopic (exact) mass is 503 g/mol. The fraction of sp³-hybridized carbons (Fsp3) is 0.379. The molecule has 0 radical (unpaired) electrons. The SMILES string of the molecule is CN(C(=O)C1(c2ccccc2)CCC1)c1ncc(-c2cc(C3OC3N)ccc2Cl)cc1OCC1CC1. The first kappa shape index (κ1) is 23.5. The largest absolute Gasteiger partial charge is 0.489 e. The van der Waals surface area contributed by atoms with Gasteiger partial charge in [-0.1, -0.05) is 54.4 Å². The summed E-state index contributed by atoms with van der Waals surface area (Å²) < 4.78 is 11.7. The van der Waals surface area contributed by atoms with E-state index in [1.54, 1.807) is 18.1 Å². The summed E-state index contributed by atoms with van der Waals surface area (Å²) >= 11 is 6.58. The first-order chi connectivity index (χ1) is 17.5. The molecule has 0 bridgehead atoms. The Morgan fingerprint density at radius 2 is 1.94 bits per heavy atom. The molecule has 1 aliphatic heterocycles. The average molecular weight is 504 g/mol. The molecule has 2 heterocycles. The summed E-state index contributed by atoms with van der Waals surface area (Å²) in [4.78, 5) is 20.3. The second-order valence-corrected chi connectivity index (χ2v) is 10.6. The van der Waals surface area contributed by atoms with Crippen LogP contribution in [0.2, 0.25) is 5.02 Å². The molecule has 6 nitrogen and oxygen atoms in total. The molecule has 3 aromatic rings. The molecule has 2 atom stereocenters. The molecule has 3 fully saturated rings. The summed E-state index contributed by atoms with van der Waals surface area (Å²) in [5.41, 5.74) is 9.07. The number of hydrogen-bond donors (Lipinski definition) is 1. The number of carbonyl (C=O) groups excluding carboxylic acids is 1. The second kappa shape index (κ2) is 9.18. The number of epoxide rings is 1. The number of rotatable bonds is 8. The third-order valence-electron chi connectivity index (χ3n) is 7.73. The molecule has 2 unspecified atom stereocenters. The number of hydrogen-bond acceptors (Lipinski definition) is 5. The fourth-order valence-corrected chi connectivity index (χ4v) is 5.33. The van der Waals surface area contributed by atoms with Crippen molar-refractivity contribution in [1.29, 1.82) is 0 Å². The van der Waals surface area contributed by atoms with Crippen LogP contribution in [-0.2, 0) is 14.9 Å². The van der Waals surface area contributed by atoms with Gasteiger partial charge in [-0.05, 0) is 60.9 Å². The van der Waals surface area contributed by atoms with Crippen LogP contribution in [0.3, 0.4) is 0 Å². The van der Waals surface area contributed by atoms with Gasteiger partial charge in [-0.25, -0.2) is 4.98 Å². The summed E-state index contributed by atoms with van der Waals surface area (Å²) in [6, 6.07) is 17.8. The number of nitrogens with zero attached hydrogens (tertiary/aromatic N) is 2. The van der Waals surface area contributed by atoms with Crippen molar-refractivity contribution in [2.45, 2.75) is 49.9 Å². The van der Waals surface area contributed by atoms with Crippen molar-refractivity contribution in [3.8, 4) is 16.9 Å². The Morgan fingerprint density at radius 3 is 2.58 bits per heavy atom. The number of carbonyl (C=O) groups is 1. The Labute approximate surface area is 216 Å². The topological polar surface area (TPSA) is 81.0 Å². The van der Waals surface area contributed by atoms with Gasteiger partial charge in [0.15, 0.2) is 11.6 Å². The van der Waals surface area contributed by atoms with E-state index in [4.69, 9.17) is 31.8 Å². The Balaban J connectivity index is 1.34. The minimum absolute atomic E-state index is 0.0522. The van der Waals surface area contributed by atoms with E-state index in [2.05, 4.69) is 12.1 Å². The van der Waals surface area contributed by atoms with Crippen molar-refractivity contribution in [1.82, 2.24) is 4.98 Å². The van der Waals surface area contributed by atoms with E-state index < -0.39 is 5.41 Å². The van der Waals surface area contributed by atoms with Crippen LogP contribution in [0.5, 0.6) is 5.75 Å². The third-order valence-corrected chi connectivity index (χ3v) is 8.05. The van der Waals surface area contributed by atoms with E-state index in [1.165, 1.54) is 12.8 Å². The number of amides is 1. The number of anilines is 1. The molecule has 0 spiro atoms. The van der Waals surface area contributed by atoms with Crippen molar-refractivity contribution >= 4 is 23.3 Å². The van der Waals surface area contributed by atoms with Crippen LogP contribution in [0.1, 0.15) is 49.3 Å². The van der Waals surface area contributed by atoms with Crippen LogP contribution < -0.4 is 15.4 Å². The minimum atomic E-state index is -0.509. The van der Waals surface area contributed by atoms with Crippen LogP contribution in [0.25, 0.3) is 11.1 Å². The smallest absolute Gasteiger partial charge is 0.238 e. The van der Waals surface area contributed by atoms with Crippen molar-refractivity contribution < 1.29 is 14.3 Å². The highest BCUT2D eigenvalue weighted by atomic mass is 35.5. The molecule has 2 aliphatic carbocycles. The summed E-state index contributed by atoms with van der Waals surface area (Å²) in [6.07, 6.45) is 6.43. The highest BCUT2D eigenvalue weighted by molar-refractivity contribution is 6.33. The highest BCUT2D eigenvalue weighted by Crippen LogP contribution is 2.47. The van der Waals surface area contributed by atoms with Gasteiger partial charge in [0.25, 0.3) is 0 Å². The van der Waals surface area contributed by atoms with E-state index in [1.807, 2.05) is 42.5 Å². The third kappa shape index (κ3) is 4.27. The molecule has 2 saturated carbocycles. The molecule has 36 heavy (non-hydrogen) atoms. The lowest BCUT2D eigenvalue weighted by Gasteiger charge is -2.43. The molecule has 6 rings (SSSR count). The zero-order chi connectivity index (χ0) is 24.9. The van der Waals surface area contributed by atoms with Crippen LogP contribution in [-0.4, -0.2) is 30.8 Å². The van der Waals surface area contributed by atoms with Crippen LogP contribution in [0, 0.1) is 5.92 Å². The Morgan fingerprint density at radius 1 is 1.19 bits per heavy atom. The van der Waals surface area contributed by atoms with E-state index in [-0.39, 0.29) is 18.2 Å². The van der Waals surface area contributed by atoms with Gasteiger partial charge in [-0.2, -0.15) is 0 Å². The fourth-order valence-electron chi connectivity index (χ4n) is 5.10. The number of aromatic nitrogens is 1. The number of pyridine rings is 1. The molecule has 186 valence electrons. The number of nitrogens with two attached hydrogens (primary N) is 1. The number of benzene rings is 2. The van der Waals surface area contributed by atoms with Gasteiger partial charge in [-0.15, -0.1) is 0 Å². The van der Waals surface area contributed by atoms with Crippen molar-refractivity contribution in [2.24, 2.45) is 11.7 Å². The molecule has 3 aliphatic rings. The lowest BCUT2D eigenvalue weighted by molar-refractivity contribution is -0.126. The second-order valence-electron chi connectivity index (χ2n) is 10.2. The Kier molecular flexibility index (Phi) is 5.98. The zero-order valence-corrected chi connectivity index (χ0v) is 21.1. The Bertz CT molecular complexity index is 1290. The maximum absolute atomic E-state index is 13.9. The summed E-state index contributed by atoms with van der Waals surface area (Å²) in [5.74, 6) is 1.74. The van der Waals surface area contributed by atoms with Crippen molar-refractivity contribution in [3.63, 3.8) is 0 Å². The minimum Gasteiger partial charge on any atom is -0.489 e. The van der Waals surface area contributed by atoms with Gasteiger partial charge < -0.3 is 15.2 Å². The molecular weight excluding hydrogens is 474 g/mol. The zero-order valence-electron chi connectivity index (χ0n) is 20.3. The van der Waals surface area contributed by atoms with Crippen molar-refractivity contribution in [2.75, 3.05) is 18.6 Å².